The molecule has 0 unspecified atom stereocenters. The van der Waals surface area contributed by atoms with E-state index in [0.717, 1.165) is 0 Å². The van der Waals surface area contributed by atoms with E-state index >= 15 is 0 Å². The second kappa shape index (κ2) is 8.89. The van der Waals surface area contributed by atoms with Crippen molar-refractivity contribution in [3.63, 3.8) is 0 Å². The van der Waals surface area contributed by atoms with Crippen molar-refractivity contribution >= 4 is 28.8 Å². The molecule has 0 bridgehead atoms. The van der Waals surface area contributed by atoms with Crippen LogP contribution in [-0.4, -0.2) is 54.0 Å². The van der Waals surface area contributed by atoms with Crippen LogP contribution in [0.5, 0.6) is 5.75 Å². The number of fused-ring (bicyclic) bond motifs is 1. The van der Waals surface area contributed by atoms with E-state index in [1.165, 1.54) is 23.3 Å². The summed E-state index contributed by atoms with van der Waals surface area (Å²) in [5.74, 6) is -1.21. The van der Waals surface area contributed by atoms with Gasteiger partial charge < -0.3 is 24.5 Å². The molecule has 1 aromatic heterocycles. The molecule has 1 heterocycles. The van der Waals surface area contributed by atoms with Crippen LogP contribution in [0, 0.1) is 0 Å². The zero-order valence-electron chi connectivity index (χ0n) is 14.8. The van der Waals surface area contributed by atoms with Crippen LogP contribution < -0.4 is 5.32 Å². The van der Waals surface area contributed by atoms with Crippen molar-refractivity contribution in [3.8, 4) is 5.75 Å². The number of furan rings is 1. The predicted molar refractivity (Wildman–Crippen MR) is 93.5 cm³/mol. The van der Waals surface area contributed by atoms with Crippen molar-refractivity contribution in [2.75, 3.05) is 26.2 Å². The summed E-state index contributed by atoms with van der Waals surface area (Å²) in [6, 6.07) is 4.60. The first-order chi connectivity index (χ1) is 12.4. The Morgan fingerprint density at radius 1 is 1.27 bits per heavy atom. The highest BCUT2D eigenvalue weighted by Gasteiger charge is 2.18. The van der Waals surface area contributed by atoms with Gasteiger partial charge in [-0.15, -0.1) is 0 Å². The van der Waals surface area contributed by atoms with Crippen LogP contribution in [0.1, 0.15) is 19.4 Å². The summed E-state index contributed by atoms with van der Waals surface area (Å²) in [5, 5.41) is 12.7. The SMILES string of the molecule is CCNC(=O)CN(CC)C(=O)COC(=O)Cc1coc2cc(O)ccc12. The van der Waals surface area contributed by atoms with Crippen LogP contribution in [0.25, 0.3) is 11.0 Å². The third-order valence-corrected chi connectivity index (χ3v) is 3.77. The fraction of sp³-hybridized carbons (Fsp3) is 0.389. The number of benzene rings is 1. The Bertz CT molecular complexity index is 798. The number of phenols is 1. The van der Waals surface area contributed by atoms with Crippen molar-refractivity contribution in [2.45, 2.75) is 20.3 Å². The largest absolute Gasteiger partial charge is 0.508 e. The van der Waals surface area contributed by atoms with Crippen molar-refractivity contribution < 1.29 is 28.6 Å². The third-order valence-electron chi connectivity index (χ3n) is 3.77. The first-order valence-electron chi connectivity index (χ1n) is 8.33. The molecular weight excluding hydrogens is 340 g/mol. The van der Waals surface area contributed by atoms with Gasteiger partial charge in [0.2, 0.25) is 5.91 Å². The average Bonchev–Trinajstić information content (AvgIpc) is 2.99. The number of hydrogen-bond acceptors (Lipinski definition) is 6. The van der Waals surface area contributed by atoms with Gasteiger partial charge in [-0.3, -0.25) is 14.4 Å². The monoisotopic (exact) mass is 362 g/mol. The van der Waals surface area contributed by atoms with E-state index in [4.69, 9.17) is 9.15 Å². The molecule has 0 aliphatic heterocycles. The lowest BCUT2D eigenvalue weighted by Crippen LogP contribution is -2.42. The van der Waals surface area contributed by atoms with E-state index in [1.54, 1.807) is 19.9 Å². The molecule has 0 saturated carbocycles. The second-order valence-electron chi connectivity index (χ2n) is 5.64. The lowest BCUT2D eigenvalue weighted by molar-refractivity contribution is -0.152. The molecule has 2 rings (SSSR count). The molecule has 1 aromatic carbocycles. The Balaban J connectivity index is 1.88. The standard InChI is InChI=1S/C18H22N2O6/c1-3-19-16(22)9-20(4-2)17(23)11-26-18(24)7-12-10-25-15-8-13(21)5-6-14(12)15/h5-6,8,10,21H,3-4,7,9,11H2,1-2H3,(H,19,22). The van der Waals surface area contributed by atoms with E-state index in [2.05, 4.69) is 5.32 Å². The maximum absolute atomic E-state index is 12.1. The smallest absolute Gasteiger partial charge is 0.310 e. The van der Waals surface area contributed by atoms with Crippen LogP contribution in [0.4, 0.5) is 0 Å². The maximum Gasteiger partial charge on any atom is 0.310 e. The molecule has 8 heteroatoms. The van der Waals surface area contributed by atoms with Gasteiger partial charge in [-0.1, -0.05) is 0 Å². The molecule has 0 atom stereocenters. The van der Waals surface area contributed by atoms with Gasteiger partial charge in [0, 0.05) is 30.1 Å². The number of phenolic OH excluding ortho intramolecular Hbond substituents is 1. The first kappa shape index (κ1) is 19.3. The quantitative estimate of drug-likeness (QED) is 0.683. The van der Waals surface area contributed by atoms with Gasteiger partial charge in [0.15, 0.2) is 6.61 Å². The number of ether oxygens (including phenoxy) is 1. The molecule has 2 amide bonds. The van der Waals surface area contributed by atoms with Crippen molar-refractivity contribution in [1.29, 1.82) is 0 Å². The topological polar surface area (TPSA) is 109 Å². The average molecular weight is 362 g/mol. The number of aromatic hydroxyl groups is 1. The third kappa shape index (κ3) is 4.98. The van der Waals surface area contributed by atoms with Gasteiger partial charge in [0.1, 0.15) is 11.3 Å². The zero-order valence-corrected chi connectivity index (χ0v) is 14.8. The minimum atomic E-state index is -0.580. The number of amides is 2. The minimum Gasteiger partial charge on any atom is -0.508 e. The highest BCUT2D eigenvalue weighted by atomic mass is 16.5. The fourth-order valence-corrected chi connectivity index (χ4v) is 2.45. The van der Waals surface area contributed by atoms with E-state index < -0.39 is 18.5 Å². The van der Waals surface area contributed by atoms with Crippen molar-refractivity contribution in [3.05, 3.63) is 30.0 Å². The van der Waals surface area contributed by atoms with Gasteiger partial charge in [-0.05, 0) is 26.0 Å². The van der Waals surface area contributed by atoms with E-state index in [0.29, 0.717) is 29.6 Å². The van der Waals surface area contributed by atoms with Gasteiger partial charge in [-0.25, -0.2) is 0 Å². The Hall–Kier alpha value is -3.03. The number of likely N-dealkylation sites (N-methyl/N-ethyl adjacent to an activating group) is 2. The van der Waals surface area contributed by atoms with Gasteiger partial charge in [0.05, 0.1) is 19.2 Å². The molecular formula is C18H22N2O6. The summed E-state index contributed by atoms with van der Waals surface area (Å²) in [4.78, 5) is 37.0. The lowest BCUT2D eigenvalue weighted by Gasteiger charge is -2.19. The number of carbonyl (C=O) groups excluding carboxylic acids is 3. The van der Waals surface area contributed by atoms with E-state index in [1.807, 2.05) is 0 Å². The molecule has 2 aromatic rings. The summed E-state index contributed by atoms with van der Waals surface area (Å²) in [5.41, 5.74) is 1.06. The van der Waals surface area contributed by atoms with Crippen LogP contribution in [0.3, 0.4) is 0 Å². The maximum atomic E-state index is 12.1. The highest BCUT2D eigenvalue weighted by Crippen LogP contribution is 2.25. The zero-order chi connectivity index (χ0) is 19.1. The molecule has 0 fully saturated rings. The Kier molecular flexibility index (Phi) is 6.60. The van der Waals surface area contributed by atoms with Crippen LogP contribution >= 0.6 is 0 Å². The number of carbonyl (C=O) groups is 3. The predicted octanol–water partition coefficient (Wildman–Crippen LogP) is 1.21. The molecule has 0 aliphatic rings. The molecule has 0 radical (unpaired) electrons. The Morgan fingerprint density at radius 2 is 2.04 bits per heavy atom. The van der Waals surface area contributed by atoms with E-state index in [9.17, 15) is 19.5 Å². The summed E-state index contributed by atoms with van der Waals surface area (Å²) >= 11 is 0. The van der Waals surface area contributed by atoms with Crippen LogP contribution in [0.15, 0.2) is 28.9 Å². The normalized spacial score (nSPS) is 10.5. The number of nitrogens with one attached hydrogen (secondary N) is 1. The number of esters is 1. The van der Waals surface area contributed by atoms with Gasteiger partial charge in [0.25, 0.3) is 5.91 Å². The second-order valence-corrected chi connectivity index (χ2v) is 5.64. The first-order valence-corrected chi connectivity index (χ1v) is 8.33. The molecule has 0 aliphatic carbocycles. The van der Waals surface area contributed by atoms with Crippen LogP contribution in [0.2, 0.25) is 0 Å². The Morgan fingerprint density at radius 3 is 2.73 bits per heavy atom. The summed E-state index contributed by atoms with van der Waals surface area (Å²) in [6.45, 7) is 3.85. The molecule has 8 nitrogen and oxygen atoms in total. The lowest BCUT2D eigenvalue weighted by atomic mass is 10.1. The molecule has 0 spiro atoms. The number of rotatable bonds is 8. The summed E-state index contributed by atoms with van der Waals surface area (Å²) in [7, 11) is 0. The van der Waals surface area contributed by atoms with Gasteiger partial charge in [-0.2, -0.15) is 0 Å². The van der Waals surface area contributed by atoms with Crippen molar-refractivity contribution in [1.82, 2.24) is 10.2 Å². The molecule has 0 saturated heterocycles. The van der Waals surface area contributed by atoms with E-state index in [-0.39, 0.29) is 24.6 Å². The molecule has 2 N–H and O–H groups in total. The highest BCUT2D eigenvalue weighted by molar-refractivity contribution is 5.88. The minimum absolute atomic E-state index is 0.0620. The Labute approximate surface area is 150 Å². The van der Waals surface area contributed by atoms with Crippen molar-refractivity contribution in [2.24, 2.45) is 0 Å². The number of nitrogens with zero attached hydrogens (tertiary/aromatic N) is 1. The fourth-order valence-electron chi connectivity index (χ4n) is 2.45. The summed E-state index contributed by atoms with van der Waals surface area (Å²) in [6.07, 6.45) is 1.36. The molecule has 26 heavy (non-hydrogen) atoms. The summed E-state index contributed by atoms with van der Waals surface area (Å²) < 4.78 is 10.3. The van der Waals surface area contributed by atoms with Gasteiger partial charge >= 0.3 is 5.97 Å². The molecule has 140 valence electrons. The number of hydrogen-bond donors (Lipinski definition) is 2. The van der Waals surface area contributed by atoms with Crippen LogP contribution in [-0.2, 0) is 25.5 Å².